The second-order valence-corrected chi connectivity index (χ2v) is 6.64. The van der Waals surface area contributed by atoms with Gasteiger partial charge in [-0.1, -0.05) is 18.7 Å². The summed E-state index contributed by atoms with van der Waals surface area (Å²) in [5.41, 5.74) is -1.12. The number of ether oxygens (including phenoxy) is 2. The predicted molar refractivity (Wildman–Crippen MR) is 88.4 cm³/mol. The Kier molecular flexibility index (Phi) is 4.81. The van der Waals surface area contributed by atoms with Gasteiger partial charge in [-0.15, -0.1) is 0 Å². The fourth-order valence-electron chi connectivity index (χ4n) is 3.60. The first-order chi connectivity index (χ1) is 11.9. The number of aliphatic hydroxyl groups excluding tert-OH is 1. The van der Waals surface area contributed by atoms with Crippen LogP contribution >= 0.6 is 0 Å². The van der Waals surface area contributed by atoms with E-state index in [1.165, 1.54) is 0 Å². The van der Waals surface area contributed by atoms with Gasteiger partial charge in [0, 0.05) is 25.1 Å². The third-order valence-electron chi connectivity index (χ3n) is 5.21. The summed E-state index contributed by atoms with van der Waals surface area (Å²) in [6.07, 6.45) is 3.87. The van der Waals surface area contributed by atoms with Crippen LogP contribution in [0.5, 0.6) is 0 Å². The Hall–Kier alpha value is -1.96. The van der Waals surface area contributed by atoms with E-state index < -0.39 is 24.1 Å². The first kappa shape index (κ1) is 17.8. The van der Waals surface area contributed by atoms with Crippen LogP contribution in [0.4, 0.5) is 0 Å². The zero-order valence-corrected chi connectivity index (χ0v) is 14.2. The van der Waals surface area contributed by atoms with E-state index in [1.54, 1.807) is 13.0 Å². The van der Waals surface area contributed by atoms with Crippen molar-refractivity contribution in [3.8, 4) is 0 Å². The van der Waals surface area contributed by atoms with Gasteiger partial charge in [-0.2, -0.15) is 0 Å². The van der Waals surface area contributed by atoms with Gasteiger partial charge in [0.1, 0.15) is 12.7 Å². The molecule has 0 aliphatic carbocycles. The fourth-order valence-corrected chi connectivity index (χ4v) is 3.60. The minimum atomic E-state index is -2.25. The molecule has 3 aliphatic rings. The van der Waals surface area contributed by atoms with E-state index in [1.807, 2.05) is 6.08 Å². The molecule has 0 aromatic carbocycles. The van der Waals surface area contributed by atoms with Crippen molar-refractivity contribution in [1.82, 2.24) is 4.90 Å². The van der Waals surface area contributed by atoms with Crippen LogP contribution in [0.3, 0.4) is 0 Å². The van der Waals surface area contributed by atoms with Crippen LogP contribution in [0, 0.1) is 0 Å². The molecule has 25 heavy (non-hydrogen) atoms. The van der Waals surface area contributed by atoms with Gasteiger partial charge in [-0.3, -0.25) is 4.90 Å². The van der Waals surface area contributed by atoms with E-state index >= 15 is 0 Å². The average molecular weight is 349 g/mol. The molecule has 2 fully saturated rings. The maximum atomic E-state index is 12.5. The van der Waals surface area contributed by atoms with Gasteiger partial charge in [0.2, 0.25) is 5.60 Å². The molecule has 7 heteroatoms. The van der Waals surface area contributed by atoms with Gasteiger partial charge in [0.05, 0.1) is 12.6 Å². The first-order valence-electron chi connectivity index (χ1n) is 8.38. The van der Waals surface area contributed by atoms with E-state index in [9.17, 15) is 19.8 Å². The maximum absolute atomic E-state index is 12.5. The highest BCUT2D eigenvalue weighted by Gasteiger charge is 2.45. The van der Waals surface area contributed by atoms with Crippen molar-refractivity contribution in [3.63, 3.8) is 0 Å². The van der Waals surface area contributed by atoms with Crippen LogP contribution in [0.15, 0.2) is 35.5 Å². The standard InChI is InChI=1S/C18H23NO6/c1-3-12-8-11(2)18(23,10-20)17(22)24-9-13-4-6-19-7-5-14(15(13)19)25-16(12)21/h3-4,14-15,20,23H,2,5-10H2,1H3/t14?,15?,18-/m1/s1. The number of carbonyl (C=O) groups is 2. The Bertz CT molecular complexity index is 666. The second kappa shape index (κ2) is 6.74. The summed E-state index contributed by atoms with van der Waals surface area (Å²) >= 11 is 0. The fraction of sp³-hybridized carbons (Fsp3) is 0.556. The third kappa shape index (κ3) is 3.03. The Morgan fingerprint density at radius 2 is 2.24 bits per heavy atom. The molecule has 136 valence electrons. The molecule has 0 aromatic rings. The highest BCUT2D eigenvalue weighted by atomic mass is 16.6. The zero-order valence-electron chi connectivity index (χ0n) is 14.2. The third-order valence-corrected chi connectivity index (χ3v) is 5.21. The lowest BCUT2D eigenvalue weighted by molar-refractivity contribution is -0.164. The van der Waals surface area contributed by atoms with Crippen molar-refractivity contribution in [2.75, 3.05) is 26.3 Å². The molecule has 2 saturated heterocycles. The lowest BCUT2D eigenvalue weighted by atomic mass is 9.90. The van der Waals surface area contributed by atoms with E-state index in [0.717, 1.165) is 18.5 Å². The summed E-state index contributed by atoms with van der Waals surface area (Å²) in [7, 11) is 0. The lowest BCUT2D eigenvalue weighted by Gasteiger charge is -2.29. The molecule has 0 aromatic heterocycles. The van der Waals surface area contributed by atoms with Gasteiger partial charge in [-0.25, -0.2) is 9.59 Å². The first-order valence-corrected chi connectivity index (χ1v) is 8.38. The number of hydrogen-bond acceptors (Lipinski definition) is 7. The SMILES string of the molecule is C=C1CC(=CC)C(=O)OC2CCN3CC=C(COC(=O)[C@@]1(O)CO)C23. The molecular formula is C18H23NO6. The second-order valence-electron chi connectivity index (χ2n) is 6.64. The van der Waals surface area contributed by atoms with Gasteiger partial charge >= 0.3 is 11.9 Å². The summed E-state index contributed by atoms with van der Waals surface area (Å²) in [5, 5.41) is 20.1. The Labute approximate surface area is 146 Å². The van der Waals surface area contributed by atoms with Crippen molar-refractivity contribution < 1.29 is 29.3 Å². The number of aliphatic hydroxyl groups is 2. The lowest BCUT2D eigenvalue weighted by Crippen LogP contribution is -2.46. The van der Waals surface area contributed by atoms with E-state index in [4.69, 9.17) is 9.47 Å². The molecule has 3 aliphatic heterocycles. The molecular weight excluding hydrogens is 326 g/mol. The number of hydrogen-bond donors (Lipinski definition) is 2. The zero-order chi connectivity index (χ0) is 18.2. The van der Waals surface area contributed by atoms with Gasteiger partial charge in [-0.05, 0) is 24.5 Å². The van der Waals surface area contributed by atoms with Crippen molar-refractivity contribution in [2.45, 2.75) is 37.5 Å². The highest BCUT2D eigenvalue weighted by Crippen LogP contribution is 2.33. The minimum absolute atomic E-state index is 0.00405. The normalized spacial score (nSPS) is 35.6. The Morgan fingerprint density at radius 1 is 1.48 bits per heavy atom. The minimum Gasteiger partial charge on any atom is -0.459 e. The summed E-state index contributed by atoms with van der Waals surface area (Å²) in [6, 6.07) is -0.111. The molecule has 0 spiro atoms. The average Bonchev–Trinajstić information content (AvgIpc) is 3.18. The molecule has 3 heterocycles. The molecule has 0 radical (unpaired) electrons. The Balaban J connectivity index is 1.94. The summed E-state index contributed by atoms with van der Waals surface area (Å²) < 4.78 is 11.0. The van der Waals surface area contributed by atoms with Crippen molar-refractivity contribution in [2.24, 2.45) is 0 Å². The predicted octanol–water partition coefficient (Wildman–Crippen LogP) is 0.0853. The van der Waals surface area contributed by atoms with Crippen LogP contribution in [0.25, 0.3) is 0 Å². The van der Waals surface area contributed by atoms with Gasteiger partial charge in [0.15, 0.2) is 0 Å². The highest BCUT2D eigenvalue weighted by molar-refractivity contribution is 5.90. The number of cyclic esters (lactones) is 1. The molecule has 3 atom stereocenters. The van der Waals surface area contributed by atoms with Crippen LogP contribution in [-0.2, 0) is 19.1 Å². The number of carbonyl (C=O) groups excluding carboxylic acids is 2. The molecule has 0 amide bonds. The number of esters is 2. The maximum Gasteiger partial charge on any atom is 0.345 e. The number of allylic oxidation sites excluding steroid dienone is 1. The summed E-state index contributed by atoms with van der Waals surface area (Å²) in [5.74, 6) is -1.45. The van der Waals surface area contributed by atoms with Crippen molar-refractivity contribution in [1.29, 1.82) is 0 Å². The van der Waals surface area contributed by atoms with E-state index in [-0.39, 0.29) is 36.3 Å². The number of nitrogens with zero attached hydrogens (tertiary/aromatic N) is 1. The van der Waals surface area contributed by atoms with Crippen molar-refractivity contribution >= 4 is 11.9 Å². The summed E-state index contributed by atoms with van der Waals surface area (Å²) in [4.78, 5) is 27.1. The van der Waals surface area contributed by atoms with Crippen LogP contribution in [-0.4, -0.2) is 71.1 Å². The monoisotopic (exact) mass is 349 g/mol. The summed E-state index contributed by atoms with van der Waals surface area (Å²) in [6.45, 7) is 5.98. The molecule has 2 unspecified atom stereocenters. The van der Waals surface area contributed by atoms with Crippen LogP contribution in [0.1, 0.15) is 19.8 Å². The van der Waals surface area contributed by atoms with Gasteiger partial charge in [0.25, 0.3) is 0 Å². The molecule has 3 rings (SSSR count). The topological polar surface area (TPSA) is 96.3 Å². The van der Waals surface area contributed by atoms with Crippen molar-refractivity contribution in [3.05, 3.63) is 35.5 Å². The molecule has 0 saturated carbocycles. The molecule has 7 nitrogen and oxygen atoms in total. The van der Waals surface area contributed by atoms with E-state index in [0.29, 0.717) is 6.54 Å². The van der Waals surface area contributed by atoms with Gasteiger partial charge < -0.3 is 19.7 Å². The molecule has 2 N–H and O–H groups in total. The molecule has 0 bridgehead atoms. The largest absolute Gasteiger partial charge is 0.459 e. The Morgan fingerprint density at radius 3 is 2.92 bits per heavy atom. The van der Waals surface area contributed by atoms with Crippen LogP contribution < -0.4 is 0 Å². The number of rotatable bonds is 1. The smallest absolute Gasteiger partial charge is 0.345 e. The van der Waals surface area contributed by atoms with Crippen LogP contribution in [0.2, 0.25) is 0 Å². The quantitative estimate of drug-likeness (QED) is 0.393. The van der Waals surface area contributed by atoms with E-state index in [2.05, 4.69) is 11.5 Å².